The predicted molar refractivity (Wildman–Crippen MR) is 137 cm³/mol. The number of halogens is 1. The summed E-state index contributed by atoms with van der Waals surface area (Å²) < 4.78 is 21.8. The molecule has 0 saturated heterocycles. The number of fused-ring (bicyclic) bond motifs is 5. The van der Waals surface area contributed by atoms with Crippen LogP contribution in [0.25, 0.3) is 0 Å². The first-order valence-electron chi connectivity index (χ1n) is 13.5. The van der Waals surface area contributed by atoms with E-state index in [4.69, 9.17) is 4.74 Å². The highest BCUT2D eigenvalue weighted by molar-refractivity contribution is 5.66. The van der Waals surface area contributed by atoms with Crippen molar-refractivity contribution >= 4 is 17.3 Å². The summed E-state index contributed by atoms with van der Waals surface area (Å²) in [6.45, 7) is 8.07. The molecule has 3 fully saturated rings. The summed E-state index contributed by atoms with van der Waals surface area (Å²) in [6, 6.07) is 6.45. The maximum Gasteiger partial charge on any atom is 0.302 e. The number of rotatable bonds is 4. The largest absolute Gasteiger partial charge is 0.462 e. The van der Waals surface area contributed by atoms with Gasteiger partial charge in [0, 0.05) is 48.5 Å². The summed E-state index contributed by atoms with van der Waals surface area (Å²) in [5, 5.41) is 14.6. The molecule has 36 heavy (non-hydrogen) atoms. The molecule has 0 spiro atoms. The Morgan fingerprint density at radius 1 is 1.17 bits per heavy atom. The van der Waals surface area contributed by atoms with Crippen LogP contribution < -0.4 is 5.32 Å². The Kier molecular flexibility index (Phi) is 6.40. The van der Waals surface area contributed by atoms with Crippen LogP contribution in [0.4, 0.5) is 15.8 Å². The highest BCUT2D eigenvalue weighted by Gasteiger charge is 2.60. The summed E-state index contributed by atoms with van der Waals surface area (Å²) in [5.74, 6) is 0.897. The Morgan fingerprint density at radius 3 is 2.56 bits per heavy atom. The number of ether oxygens (including phenoxy) is 1. The van der Waals surface area contributed by atoms with Gasteiger partial charge in [0.1, 0.15) is 12.3 Å². The number of benzene rings is 1. The molecule has 9 atom stereocenters. The van der Waals surface area contributed by atoms with Crippen LogP contribution >= 0.6 is 0 Å². The molecular formula is C29H39FN2O4. The number of esters is 1. The van der Waals surface area contributed by atoms with Gasteiger partial charge in [-0.1, -0.05) is 32.4 Å². The molecule has 6 nitrogen and oxygen atoms in total. The number of non-ortho nitro benzene ring substituents is 1. The van der Waals surface area contributed by atoms with Gasteiger partial charge in [-0.05, 0) is 73.8 Å². The molecule has 5 rings (SSSR count). The number of hydrogen-bond donors (Lipinski definition) is 1. The first-order chi connectivity index (χ1) is 17.0. The molecule has 0 aliphatic heterocycles. The van der Waals surface area contributed by atoms with Crippen LogP contribution in [0.5, 0.6) is 0 Å². The van der Waals surface area contributed by atoms with Gasteiger partial charge in [-0.3, -0.25) is 14.9 Å². The molecule has 0 aromatic heterocycles. The van der Waals surface area contributed by atoms with E-state index in [2.05, 4.69) is 25.2 Å². The van der Waals surface area contributed by atoms with Crippen LogP contribution in [-0.2, 0) is 9.53 Å². The first kappa shape index (κ1) is 25.2. The Hall–Kier alpha value is -2.44. The van der Waals surface area contributed by atoms with Crippen molar-refractivity contribution in [2.45, 2.75) is 91.0 Å². The molecule has 1 aromatic rings. The lowest BCUT2D eigenvalue weighted by atomic mass is 9.44. The van der Waals surface area contributed by atoms with Crippen molar-refractivity contribution in [3.05, 3.63) is 46.0 Å². The van der Waals surface area contributed by atoms with E-state index in [0.29, 0.717) is 11.8 Å². The van der Waals surface area contributed by atoms with Crippen LogP contribution in [0.15, 0.2) is 35.9 Å². The molecule has 0 heterocycles. The van der Waals surface area contributed by atoms with Crippen LogP contribution in [0.3, 0.4) is 0 Å². The quantitative estimate of drug-likeness (QED) is 0.212. The fourth-order valence-corrected chi connectivity index (χ4v) is 8.47. The third-order valence-corrected chi connectivity index (χ3v) is 10.5. The average Bonchev–Trinajstić information content (AvgIpc) is 2.83. The van der Waals surface area contributed by atoms with Crippen molar-refractivity contribution in [3.8, 4) is 0 Å². The number of carbonyl (C=O) groups excluding carboxylic acids is 1. The van der Waals surface area contributed by atoms with E-state index >= 15 is 4.39 Å². The fraction of sp³-hybridized carbons (Fsp3) is 0.690. The second-order valence-corrected chi connectivity index (χ2v) is 12.3. The van der Waals surface area contributed by atoms with E-state index < -0.39 is 11.1 Å². The predicted octanol–water partition coefficient (Wildman–Crippen LogP) is 6.85. The SMILES string of the molecule is CC(=O)O[C@H]1CC[C@@]2(C)C(=CC[C@H]3[C@@H]4C[C@H](Nc5ccc([N+](=O)[O-])cc5)[C@@H](C)[C@H](F)[C@@]4(C)CC[C@@H]32)C1. The Morgan fingerprint density at radius 2 is 1.89 bits per heavy atom. The number of nitrogens with one attached hydrogen (secondary N) is 1. The lowest BCUT2D eigenvalue weighted by Crippen LogP contribution is -2.59. The number of carbonyl (C=O) groups is 1. The summed E-state index contributed by atoms with van der Waals surface area (Å²) in [5.41, 5.74) is 2.07. The van der Waals surface area contributed by atoms with Crippen molar-refractivity contribution in [2.75, 3.05) is 5.32 Å². The molecule has 3 saturated carbocycles. The lowest BCUT2D eigenvalue weighted by Gasteiger charge is -2.62. The monoisotopic (exact) mass is 498 g/mol. The maximum atomic E-state index is 16.2. The average molecular weight is 499 g/mol. The summed E-state index contributed by atoms with van der Waals surface area (Å²) >= 11 is 0. The van der Waals surface area contributed by atoms with E-state index in [9.17, 15) is 14.9 Å². The number of nitro benzene ring substituents is 1. The third-order valence-electron chi connectivity index (χ3n) is 10.5. The molecule has 196 valence electrons. The van der Waals surface area contributed by atoms with Crippen LogP contribution in [0.1, 0.15) is 72.6 Å². The van der Waals surface area contributed by atoms with Gasteiger partial charge in [0.25, 0.3) is 5.69 Å². The lowest BCUT2D eigenvalue weighted by molar-refractivity contribution is -0.384. The molecule has 0 unspecified atom stereocenters. The molecule has 4 aliphatic rings. The van der Waals surface area contributed by atoms with Gasteiger partial charge < -0.3 is 10.1 Å². The van der Waals surface area contributed by atoms with Gasteiger partial charge in [0.05, 0.1) is 4.92 Å². The highest BCUT2D eigenvalue weighted by atomic mass is 19.1. The maximum absolute atomic E-state index is 16.2. The molecule has 0 bridgehead atoms. The van der Waals surface area contributed by atoms with Crippen molar-refractivity contribution in [1.29, 1.82) is 0 Å². The number of alkyl halides is 1. The molecule has 0 amide bonds. The number of hydrogen-bond acceptors (Lipinski definition) is 5. The van der Waals surface area contributed by atoms with Gasteiger partial charge in [0.2, 0.25) is 0 Å². The number of nitro groups is 1. The van der Waals surface area contributed by atoms with Gasteiger partial charge in [-0.15, -0.1) is 0 Å². The smallest absolute Gasteiger partial charge is 0.302 e. The molecule has 0 radical (unpaired) electrons. The fourth-order valence-electron chi connectivity index (χ4n) is 8.47. The van der Waals surface area contributed by atoms with Gasteiger partial charge >= 0.3 is 5.97 Å². The Balaban J connectivity index is 1.38. The Bertz CT molecular complexity index is 1060. The zero-order valence-electron chi connectivity index (χ0n) is 21.8. The zero-order valence-corrected chi connectivity index (χ0v) is 21.8. The minimum atomic E-state index is -0.898. The van der Waals surface area contributed by atoms with E-state index in [1.165, 1.54) is 24.6 Å². The molecule has 1 aromatic carbocycles. The van der Waals surface area contributed by atoms with Gasteiger partial charge in [-0.25, -0.2) is 4.39 Å². The number of anilines is 1. The van der Waals surface area contributed by atoms with Gasteiger partial charge in [0.15, 0.2) is 0 Å². The van der Waals surface area contributed by atoms with Crippen molar-refractivity contribution in [3.63, 3.8) is 0 Å². The zero-order chi connectivity index (χ0) is 25.8. The van der Waals surface area contributed by atoms with Crippen LogP contribution in [0.2, 0.25) is 0 Å². The van der Waals surface area contributed by atoms with E-state index in [-0.39, 0.29) is 46.5 Å². The second kappa shape index (κ2) is 9.14. The third kappa shape index (κ3) is 4.12. The molecule has 7 heteroatoms. The van der Waals surface area contributed by atoms with Gasteiger partial charge in [-0.2, -0.15) is 0 Å². The van der Waals surface area contributed by atoms with E-state index in [0.717, 1.165) is 50.6 Å². The van der Waals surface area contributed by atoms with Crippen molar-refractivity contribution < 1.29 is 18.8 Å². The number of allylic oxidation sites excluding steroid dienone is 1. The normalized spacial score (nSPS) is 41.7. The minimum absolute atomic E-state index is 0.0174. The summed E-state index contributed by atoms with van der Waals surface area (Å²) in [7, 11) is 0. The van der Waals surface area contributed by atoms with Crippen LogP contribution in [-0.4, -0.2) is 29.2 Å². The summed E-state index contributed by atoms with van der Waals surface area (Å²) in [6.07, 6.45) is 8.05. The standard InChI is InChI=1S/C29H39FN2O4/c1-17-26(31-20-6-8-21(9-7-20)32(34)35)16-25-23-10-5-19-15-22(36-18(2)33)11-13-28(19,3)24(23)12-14-29(25,4)27(17)30/h5-9,17,22-27,31H,10-16H2,1-4H3/t17-,22+,23-,24+,25+,26+,27+,28+,29+/m1/s1. The minimum Gasteiger partial charge on any atom is -0.462 e. The Labute approximate surface area is 213 Å². The topological polar surface area (TPSA) is 81.5 Å². The van der Waals surface area contributed by atoms with Crippen LogP contribution in [0, 0.1) is 44.6 Å². The van der Waals surface area contributed by atoms with Crippen molar-refractivity contribution in [1.82, 2.24) is 0 Å². The second-order valence-electron chi connectivity index (χ2n) is 12.3. The first-order valence-corrected chi connectivity index (χ1v) is 13.5. The molecular weight excluding hydrogens is 459 g/mol. The highest BCUT2D eigenvalue weighted by Crippen LogP contribution is 2.65. The number of nitrogens with zero attached hydrogens (tertiary/aromatic N) is 1. The summed E-state index contributed by atoms with van der Waals surface area (Å²) in [4.78, 5) is 22.1. The molecule has 1 N–H and O–H groups in total. The van der Waals surface area contributed by atoms with E-state index in [1.54, 1.807) is 12.1 Å². The van der Waals surface area contributed by atoms with Crippen molar-refractivity contribution in [2.24, 2.45) is 34.5 Å². The van der Waals surface area contributed by atoms with E-state index in [1.807, 2.05) is 6.92 Å². The molecule has 4 aliphatic carbocycles.